The van der Waals surface area contributed by atoms with Crippen molar-refractivity contribution in [2.45, 2.75) is 16.5 Å². The summed E-state index contributed by atoms with van der Waals surface area (Å²) in [6.07, 6.45) is 2.33. The molecule has 2 aromatic heterocycles. The van der Waals surface area contributed by atoms with Crippen LogP contribution in [0.1, 0.15) is 0 Å². The third-order valence-electron chi connectivity index (χ3n) is 3.30. The topological polar surface area (TPSA) is 88.1 Å². The first-order chi connectivity index (χ1) is 11.7. The number of aromatic nitrogens is 4. The molecule has 0 aliphatic rings. The van der Waals surface area contributed by atoms with Crippen molar-refractivity contribution in [1.82, 2.24) is 19.5 Å². The number of nitrogens with zero attached hydrogens (tertiary/aromatic N) is 4. The molecule has 2 N–H and O–H groups in total. The van der Waals surface area contributed by atoms with Crippen LogP contribution in [0, 0.1) is 0 Å². The molecule has 3 rings (SSSR count). The van der Waals surface area contributed by atoms with Crippen LogP contribution in [0.3, 0.4) is 0 Å². The molecule has 0 aliphatic heterocycles. The van der Waals surface area contributed by atoms with E-state index in [-0.39, 0.29) is 5.95 Å². The van der Waals surface area contributed by atoms with Crippen LogP contribution in [-0.4, -0.2) is 39.6 Å². The zero-order valence-corrected chi connectivity index (χ0v) is 15.1. The number of rotatable bonds is 7. The van der Waals surface area contributed by atoms with Gasteiger partial charge in [0.15, 0.2) is 5.65 Å². The quantitative estimate of drug-likeness (QED) is 0.392. The van der Waals surface area contributed by atoms with Crippen molar-refractivity contribution < 1.29 is 9.47 Å². The normalized spacial score (nSPS) is 11.1. The Bertz CT molecular complexity index is 842. The summed E-state index contributed by atoms with van der Waals surface area (Å²) in [6, 6.07) is 7.76. The monoisotopic (exact) mass is 363 g/mol. The van der Waals surface area contributed by atoms with E-state index in [2.05, 4.69) is 24.2 Å². The number of imidazole rings is 1. The molecule has 126 valence electrons. The van der Waals surface area contributed by atoms with E-state index in [9.17, 15) is 0 Å². The summed E-state index contributed by atoms with van der Waals surface area (Å²) in [6.45, 7) is 1.24. The molecule has 3 aromatic rings. The Kier molecular flexibility index (Phi) is 5.50. The van der Waals surface area contributed by atoms with Gasteiger partial charge in [0.2, 0.25) is 5.95 Å². The van der Waals surface area contributed by atoms with E-state index in [1.165, 1.54) is 11.8 Å². The lowest BCUT2D eigenvalue weighted by Crippen LogP contribution is -2.06. The van der Waals surface area contributed by atoms with Crippen LogP contribution in [0.5, 0.6) is 5.75 Å². The van der Waals surface area contributed by atoms with Gasteiger partial charge in [0.1, 0.15) is 16.3 Å². The molecule has 0 amide bonds. The van der Waals surface area contributed by atoms with Gasteiger partial charge in [-0.05, 0) is 18.2 Å². The van der Waals surface area contributed by atoms with Crippen LogP contribution in [0.25, 0.3) is 11.2 Å². The third-order valence-corrected chi connectivity index (χ3v) is 4.50. The number of anilines is 1. The minimum Gasteiger partial charge on any atom is -0.497 e. The highest BCUT2D eigenvalue weighted by atomic mass is 32.2. The first-order valence-electron chi connectivity index (χ1n) is 7.29. The summed E-state index contributed by atoms with van der Waals surface area (Å²) >= 11 is 1.48. The minimum absolute atomic E-state index is 0.224. The Labute approximate surface area is 146 Å². The molecule has 0 saturated heterocycles. The van der Waals surface area contributed by atoms with E-state index in [0.717, 1.165) is 21.2 Å². The number of hydrogen-bond donors (Lipinski definition) is 1. The molecular formula is C15H18N5O2PS. The molecule has 24 heavy (non-hydrogen) atoms. The lowest BCUT2D eigenvalue weighted by atomic mass is 10.3. The molecule has 1 unspecified atom stereocenters. The first kappa shape index (κ1) is 17.0. The van der Waals surface area contributed by atoms with Crippen molar-refractivity contribution in [3.05, 3.63) is 30.6 Å². The van der Waals surface area contributed by atoms with Gasteiger partial charge in [0, 0.05) is 11.4 Å². The van der Waals surface area contributed by atoms with E-state index in [1.54, 1.807) is 13.4 Å². The Morgan fingerprint density at radius 3 is 3.00 bits per heavy atom. The number of hydrogen-bond acceptors (Lipinski definition) is 7. The minimum atomic E-state index is 0.224. The second-order valence-electron chi connectivity index (χ2n) is 4.85. The molecule has 0 saturated carbocycles. The van der Waals surface area contributed by atoms with E-state index in [4.69, 9.17) is 15.2 Å². The van der Waals surface area contributed by atoms with Crippen molar-refractivity contribution in [3.63, 3.8) is 0 Å². The fourth-order valence-corrected chi connectivity index (χ4v) is 3.28. The molecule has 0 radical (unpaired) electrons. The Hall–Kier alpha value is -1.89. The van der Waals surface area contributed by atoms with Crippen LogP contribution >= 0.6 is 21.0 Å². The van der Waals surface area contributed by atoms with Gasteiger partial charge >= 0.3 is 0 Å². The highest BCUT2D eigenvalue weighted by molar-refractivity contribution is 7.99. The molecule has 2 heterocycles. The maximum atomic E-state index is 5.88. The summed E-state index contributed by atoms with van der Waals surface area (Å²) in [5, 5.41) is 0.719. The second-order valence-corrected chi connectivity index (χ2v) is 6.25. The summed E-state index contributed by atoms with van der Waals surface area (Å²) < 4.78 is 12.5. The van der Waals surface area contributed by atoms with E-state index >= 15 is 0 Å². The van der Waals surface area contributed by atoms with E-state index in [1.807, 2.05) is 28.8 Å². The maximum absolute atomic E-state index is 5.88. The Morgan fingerprint density at radius 2 is 2.21 bits per heavy atom. The fraction of sp³-hybridized carbons (Fsp3) is 0.267. The summed E-state index contributed by atoms with van der Waals surface area (Å²) in [5.74, 6) is 1.01. The first-order valence-corrected chi connectivity index (χ1v) is 8.92. The van der Waals surface area contributed by atoms with E-state index < -0.39 is 0 Å². The molecular weight excluding hydrogens is 345 g/mol. The Balaban J connectivity index is 1.92. The van der Waals surface area contributed by atoms with Gasteiger partial charge in [-0.2, -0.15) is 4.98 Å². The summed E-state index contributed by atoms with van der Waals surface area (Å²) in [5.41, 5.74) is 7.31. The van der Waals surface area contributed by atoms with Crippen LogP contribution < -0.4 is 10.5 Å². The summed E-state index contributed by atoms with van der Waals surface area (Å²) in [4.78, 5) is 14.1. The van der Waals surface area contributed by atoms with Gasteiger partial charge in [-0.3, -0.25) is 0 Å². The standard InChI is InChI=1S/C15H18N5O2PS/c1-21-10-3-2-4-11(7-10)24-14-12-13(18-15(16)19-14)20(8-17-12)5-6-22-9-23/h2-4,7-8H,5-6,9,23H2,1H3,(H2,16,18,19). The molecule has 1 aromatic carbocycles. The lowest BCUT2D eigenvalue weighted by molar-refractivity contribution is 0.173. The zero-order chi connectivity index (χ0) is 16.9. The van der Waals surface area contributed by atoms with Gasteiger partial charge in [0.25, 0.3) is 0 Å². The van der Waals surface area contributed by atoms with Gasteiger partial charge in [-0.15, -0.1) is 9.24 Å². The van der Waals surface area contributed by atoms with Crippen molar-refractivity contribution in [2.24, 2.45) is 0 Å². The SMILES string of the molecule is COc1cccc(Sc2nc(N)nc3c2ncn3CCOCP)c1. The molecule has 0 bridgehead atoms. The van der Waals surface area contributed by atoms with Gasteiger partial charge in [0.05, 0.1) is 26.4 Å². The largest absolute Gasteiger partial charge is 0.497 e. The molecule has 9 heteroatoms. The lowest BCUT2D eigenvalue weighted by Gasteiger charge is -2.07. The number of nitrogens with two attached hydrogens (primary N) is 1. The molecule has 0 fully saturated rings. The highest BCUT2D eigenvalue weighted by Gasteiger charge is 2.13. The second kappa shape index (κ2) is 7.79. The average molecular weight is 363 g/mol. The van der Waals surface area contributed by atoms with Crippen molar-refractivity contribution >= 4 is 38.1 Å². The van der Waals surface area contributed by atoms with Crippen LogP contribution in [0.4, 0.5) is 5.95 Å². The number of nitrogen functional groups attached to an aromatic ring is 1. The molecule has 0 aliphatic carbocycles. The smallest absolute Gasteiger partial charge is 0.223 e. The molecule has 0 spiro atoms. The molecule has 7 nitrogen and oxygen atoms in total. The van der Waals surface area contributed by atoms with Crippen molar-refractivity contribution in [2.75, 3.05) is 25.8 Å². The average Bonchev–Trinajstić information content (AvgIpc) is 2.98. The maximum Gasteiger partial charge on any atom is 0.223 e. The number of fused-ring (bicyclic) bond motifs is 1. The zero-order valence-electron chi connectivity index (χ0n) is 13.2. The van der Waals surface area contributed by atoms with E-state index in [0.29, 0.717) is 25.1 Å². The van der Waals surface area contributed by atoms with Gasteiger partial charge < -0.3 is 19.8 Å². The number of ether oxygens (including phenoxy) is 2. The number of methoxy groups -OCH3 is 1. The van der Waals surface area contributed by atoms with Crippen LogP contribution in [0.15, 0.2) is 40.5 Å². The summed E-state index contributed by atoms with van der Waals surface area (Å²) in [7, 11) is 4.17. The predicted octanol–water partition coefficient (Wildman–Crippen LogP) is 2.42. The van der Waals surface area contributed by atoms with Gasteiger partial charge in [-0.25, -0.2) is 9.97 Å². The van der Waals surface area contributed by atoms with Crippen LogP contribution in [0.2, 0.25) is 0 Å². The van der Waals surface area contributed by atoms with Gasteiger partial charge in [-0.1, -0.05) is 17.8 Å². The van der Waals surface area contributed by atoms with Crippen molar-refractivity contribution in [3.8, 4) is 5.75 Å². The Morgan fingerprint density at radius 1 is 1.33 bits per heavy atom. The van der Waals surface area contributed by atoms with Crippen molar-refractivity contribution in [1.29, 1.82) is 0 Å². The number of benzene rings is 1. The third kappa shape index (κ3) is 3.77. The molecule has 1 atom stereocenters. The fourth-order valence-electron chi connectivity index (χ4n) is 2.19. The predicted molar refractivity (Wildman–Crippen MR) is 97.4 cm³/mol. The highest BCUT2D eigenvalue weighted by Crippen LogP contribution is 2.32. The van der Waals surface area contributed by atoms with Crippen LogP contribution in [-0.2, 0) is 11.3 Å².